The average molecular weight is 391 g/mol. The molecule has 2 aromatic carbocycles. The van der Waals surface area contributed by atoms with Gasteiger partial charge in [0.15, 0.2) is 0 Å². The number of H-pyrrole nitrogens is 1. The Morgan fingerprint density at radius 2 is 1.90 bits per heavy atom. The number of nitrogens with two attached hydrogens (primary N) is 1. The molecule has 5 N–H and O–H groups in total. The van der Waals surface area contributed by atoms with E-state index in [0.717, 1.165) is 35.0 Å². The van der Waals surface area contributed by atoms with E-state index in [4.69, 9.17) is 5.73 Å². The summed E-state index contributed by atoms with van der Waals surface area (Å²) >= 11 is 0. The molecule has 1 aromatic heterocycles. The van der Waals surface area contributed by atoms with Crippen molar-refractivity contribution >= 4 is 34.2 Å². The molecule has 0 spiro atoms. The zero-order chi connectivity index (χ0) is 20.5. The van der Waals surface area contributed by atoms with E-state index in [1.165, 1.54) is 31.7 Å². The van der Waals surface area contributed by atoms with Gasteiger partial charge in [0.2, 0.25) is 5.91 Å². The number of nitrogens with one attached hydrogen (secondary N) is 2. The van der Waals surface area contributed by atoms with Gasteiger partial charge in [-0.1, -0.05) is 37.5 Å². The zero-order valence-corrected chi connectivity index (χ0v) is 16.4. The Labute approximate surface area is 169 Å². The van der Waals surface area contributed by atoms with Crippen LogP contribution in [0.4, 0.5) is 11.4 Å². The second-order valence-electron chi connectivity index (χ2n) is 7.76. The number of hydrogen-bond donors (Lipinski definition) is 4. The predicted octanol–water partition coefficient (Wildman–Crippen LogP) is 5.12. The molecule has 4 rings (SSSR count). The molecule has 6 nitrogen and oxygen atoms in total. The lowest BCUT2D eigenvalue weighted by atomic mass is 9.81. The van der Waals surface area contributed by atoms with Gasteiger partial charge < -0.3 is 21.1 Å². The molecule has 3 aromatic rings. The smallest absolute Gasteiger partial charge is 0.335 e. The first kappa shape index (κ1) is 19.1. The Bertz CT molecular complexity index is 1090. The predicted molar refractivity (Wildman–Crippen MR) is 115 cm³/mol. The number of carboxylic acid groups (broad SMARTS) is 1. The third-order valence-corrected chi connectivity index (χ3v) is 5.79. The fourth-order valence-corrected chi connectivity index (χ4v) is 4.46. The molecule has 29 heavy (non-hydrogen) atoms. The number of carbonyl (C=O) groups is 2. The number of aromatic nitrogens is 1. The van der Waals surface area contributed by atoms with Gasteiger partial charge in [-0.05, 0) is 42.5 Å². The SMILES string of the molecule is CC(=O)Nc1cccc(-c2[nH]c3cc(C(=O)O)ccc3c2C2CCCCC2)c1N. The van der Waals surface area contributed by atoms with E-state index in [1.807, 2.05) is 18.2 Å². The van der Waals surface area contributed by atoms with E-state index in [0.29, 0.717) is 17.3 Å². The summed E-state index contributed by atoms with van der Waals surface area (Å²) in [5.41, 5.74) is 11.5. The summed E-state index contributed by atoms with van der Waals surface area (Å²) in [6.07, 6.45) is 5.83. The van der Waals surface area contributed by atoms with Crippen LogP contribution in [-0.4, -0.2) is 22.0 Å². The maximum Gasteiger partial charge on any atom is 0.335 e. The molecule has 1 saturated carbocycles. The fourth-order valence-electron chi connectivity index (χ4n) is 4.46. The fraction of sp³-hybridized carbons (Fsp3) is 0.304. The van der Waals surface area contributed by atoms with Crippen molar-refractivity contribution in [2.45, 2.75) is 44.9 Å². The number of para-hydroxylation sites is 1. The van der Waals surface area contributed by atoms with Crippen LogP contribution >= 0.6 is 0 Å². The average Bonchev–Trinajstić information content (AvgIpc) is 3.08. The lowest BCUT2D eigenvalue weighted by Crippen LogP contribution is -2.09. The van der Waals surface area contributed by atoms with E-state index < -0.39 is 5.97 Å². The normalized spacial score (nSPS) is 14.8. The van der Waals surface area contributed by atoms with Gasteiger partial charge in [0, 0.05) is 23.4 Å². The molecule has 0 radical (unpaired) electrons. The van der Waals surface area contributed by atoms with Crippen molar-refractivity contribution in [1.82, 2.24) is 4.98 Å². The molecule has 0 atom stereocenters. The minimum absolute atomic E-state index is 0.177. The number of aromatic amines is 1. The van der Waals surface area contributed by atoms with Crippen molar-refractivity contribution < 1.29 is 14.7 Å². The van der Waals surface area contributed by atoms with Crippen molar-refractivity contribution in [2.75, 3.05) is 11.1 Å². The second kappa shape index (κ2) is 7.62. The maximum atomic E-state index is 11.5. The molecular formula is C23H25N3O3. The summed E-state index contributed by atoms with van der Waals surface area (Å²) in [4.78, 5) is 26.4. The Morgan fingerprint density at radius 1 is 1.14 bits per heavy atom. The van der Waals surface area contributed by atoms with Gasteiger partial charge in [0.05, 0.1) is 22.6 Å². The number of carbonyl (C=O) groups excluding carboxylic acids is 1. The first-order chi connectivity index (χ1) is 14.0. The Balaban J connectivity index is 1.93. The van der Waals surface area contributed by atoms with Gasteiger partial charge in [0.1, 0.15) is 0 Å². The van der Waals surface area contributed by atoms with Gasteiger partial charge in [-0.25, -0.2) is 4.79 Å². The lowest BCUT2D eigenvalue weighted by Gasteiger charge is -2.23. The van der Waals surface area contributed by atoms with Crippen LogP contribution in [0.25, 0.3) is 22.2 Å². The van der Waals surface area contributed by atoms with Crippen molar-refractivity contribution in [3.63, 3.8) is 0 Å². The van der Waals surface area contributed by atoms with Gasteiger partial charge in [-0.15, -0.1) is 0 Å². The molecular weight excluding hydrogens is 366 g/mol. The van der Waals surface area contributed by atoms with E-state index >= 15 is 0 Å². The minimum Gasteiger partial charge on any atom is -0.478 e. The quantitative estimate of drug-likeness (QED) is 0.463. The number of benzene rings is 2. The van der Waals surface area contributed by atoms with Crippen molar-refractivity contribution in [3.8, 4) is 11.3 Å². The summed E-state index contributed by atoms with van der Waals surface area (Å²) in [5.74, 6) is -0.731. The third kappa shape index (κ3) is 3.58. The standard InChI is InChI=1S/C23H25N3O3/c1-13(27)25-18-9-5-8-17(21(18)24)22-20(14-6-3-2-4-7-14)16-11-10-15(23(28)29)12-19(16)26-22/h5,8-12,14,26H,2-4,6-7,24H2,1H3,(H,25,27)(H,28,29). The number of nitrogen functional groups attached to an aromatic ring is 1. The van der Waals surface area contributed by atoms with Crippen LogP contribution < -0.4 is 11.1 Å². The van der Waals surface area contributed by atoms with E-state index in [1.54, 1.807) is 18.2 Å². The Kier molecular flexibility index (Phi) is 5.01. The molecule has 6 heteroatoms. The highest BCUT2D eigenvalue weighted by atomic mass is 16.4. The van der Waals surface area contributed by atoms with Gasteiger partial charge in [-0.2, -0.15) is 0 Å². The molecule has 150 valence electrons. The number of rotatable bonds is 4. The van der Waals surface area contributed by atoms with Crippen molar-refractivity contribution in [1.29, 1.82) is 0 Å². The number of aromatic carboxylic acids is 1. The first-order valence-corrected chi connectivity index (χ1v) is 10.0. The van der Waals surface area contributed by atoms with Gasteiger partial charge in [-0.3, -0.25) is 4.79 Å². The molecule has 1 amide bonds. The van der Waals surface area contributed by atoms with Crippen LogP contribution in [0, 0.1) is 0 Å². The minimum atomic E-state index is -0.950. The van der Waals surface area contributed by atoms with Crippen LogP contribution in [-0.2, 0) is 4.79 Å². The lowest BCUT2D eigenvalue weighted by molar-refractivity contribution is -0.114. The van der Waals surface area contributed by atoms with E-state index in [9.17, 15) is 14.7 Å². The van der Waals surface area contributed by atoms with Crippen LogP contribution in [0.3, 0.4) is 0 Å². The number of carboxylic acids is 1. The van der Waals surface area contributed by atoms with Crippen LogP contribution in [0.15, 0.2) is 36.4 Å². The van der Waals surface area contributed by atoms with E-state index in [2.05, 4.69) is 10.3 Å². The number of fused-ring (bicyclic) bond motifs is 1. The largest absolute Gasteiger partial charge is 0.478 e. The van der Waals surface area contributed by atoms with Gasteiger partial charge in [0.25, 0.3) is 0 Å². The second-order valence-corrected chi connectivity index (χ2v) is 7.76. The molecule has 1 aliphatic rings. The summed E-state index contributed by atoms with van der Waals surface area (Å²) in [7, 11) is 0. The van der Waals surface area contributed by atoms with E-state index in [-0.39, 0.29) is 11.5 Å². The molecule has 0 aliphatic heterocycles. The highest BCUT2D eigenvalue weighted by Crippen LogP contribution is 2.44. The van der Waals surface area contributed by atoms with Crippen molar-refractivity contribution in [2.24, 2.45) is 0 Å². The molecule has 1 fully saturated rings. The first-order valence-electron chi connectivity index (χ1n) is 10.0. The number of anilines is 2. The summed E-state index contributed by atoms with van der Waals surface area (Å²) in [6.45, 7) is 1.45. The summed E-state index contributed by atoms with van der Waals surface area (Å²) < 4.78 is 0. The third-order valence-electron chi connectivity index (χ3n) is 5.79. The maximum absolute atomic E-state index is 11.5. The molecule has 1 heterocycles. The number of amides is 1. The monoisotopic (exact) mass is 391 g/mol. The molecule has 0 bridgehead atoms. The topological polar surface area (TPSA) is 108 Å². The highest BCUT2D eigenvalue weighted by molar-refractivity contribution is 6.01. The Morgan fingerprint density at radius 3 is 2.59 bits per heavy atom. The van der Waals surface area contributed by atoms with Crippen molar-refractivity contribution in [3.05, 3.63) is 47.5 Å². The molecule has 0 unspecified atom stereocenters. The van der Waals surface area contributed by atoms with Gasteiger partial charge >= 0.3 is 5.97 Å². The molecule has 1 aliphatic carbocycles. The summed E-state index contributed by atoms with van der Waals surface area (Å²) in [5, 5.41) is 13.2. The number of hydrogen-bond acceptors (Lipinski definition) is 3. The molecule has 0 saturated heterocycles. The Hall–Kier alpha value is -3.28. The highest BCUT2D eigenvalue weighted by Gasteiger charge is 2.25. The zero-order valence-electron chi connectivity index (χ0n) is 16.4. The van der Waals surface area contributed by atoms with Crippen LogP contribution in [0.5, 0.6) is 0 Å². The van der Waals surface area contributed by atoms with Crippen LogP contribution in [0.1, 0.15) is 60.9 Å². The summed E-state index contributed by atoms with van der Waals surface area (Å²) in [6, 6.07) is 10.8. The van der Waals surface area contributed by atoms with Crippen LogP contribution in [0.2, 0.25) is 0 Å².